The number of anilines is 1. The number of nitrogens with zero attached hydrogens (tertiary/aromatic N) is 2. The monoisotopic (exact) mass is 265 g/mol. The van der Waals surface area contributed by atoms with Gasteiger partial charge in [-0.1, -0.05) is 19.9 Å². The Balaban J connectivity index is 2.31. The Bertz CT molecular complexity index is 393. The summed E-state index contributed by atoms with van der Waals surface area (Å²) in [5.74, 6) is 0.502. The summed E-state index contributed by atoms with van der Waals surface area (Å²) in [5, 5.41) is 0. The van der Waals surface area contributed by atoms with Gasteiger partial charge in [-0.2, -0.15) is 0 Å². The molecule has 0 fully saturated rings. The fourth-order valence-corrected chi connectivity index (χ4v) is 1.71. The molecule has 0 atom stereocenters. The first kappa shape index (κ1) is 15.4. The summed E-state index contributed by atoms with van der Waals surface area (Å²) in [7, 11) is 1.90. The minimum atomic E-state index is -0.110. The Labute approximate surface area is 114 Å². The van der Waals surface area contributed by atoms with Gasteiger partial charge in [-0.15, -0.1) is 0 Å². The number of nitrogens with one attached hydrogen (secondary N) is 2. The first-order valence-electron chi connectivity index (χ1n) is 6.27. The summed E-state index contributed by atoms with van der Waals surface area (Å²) in [6, 6.07) is 5.44. The van der Waals surface area contributed by atoms with E-state index in [-0.39, 0.29) is 11.3 Å². The van der Waals surface area contributed by atoms with Gasteiger partial charge in [0.2, 0.25) is 0 Å². The van der Waals surface area contributed by atoms with Crippen LogP contribution in [0.5, 0.6) is 0 Å². The fourth-order valence-electron chi connectivity index (χ4n) is 1.71. The maximum Gasteiger partial charge on any atom is 0.252 e. The molecular formula is C13H23N5O. The van der Waals surface area contributed by atoms with Gasteiger partial charge < -0.3 is 5.73 Å². The van der Waals surface area contributed by atoms with Crippen molar-refractivity contribution in [3.05, 3.63) is 24.4 Å². The number of rotatable bonds is 7. The normalized spacial score (nSPS) is 11.4. The second-order valence-corrected chi connectivity index (χ2v) is 5.43. The van der Waals surface area contributed by atoms with Crippen molar-refractivity contribution in [3.63, 3.8) is 0 Å². The highest BCUT2D eigenvalue weighted by Gasteiger charge is 2.19. The number of hydrogen-bond donors (Lipinski definition) is 3. The van der Waals surface area contributed by atoms with Crippen molar-refractivity contribution >= 4 is 11.7 Å². The van der Waals surface area contributed by atoms with Crippen LogP contribution in [0.1, 0.15) is 13.8 Å². The molecule has 106 valence electrons. The summed E-state index contributed by atoms with van der Waals surface area (Å²) in [6.07, 6.45) is 1.66. The Hall–Kier alpha value is -1.66. The van der Waals surface area contributed by atoms with E-state index in [4.69, 9.17) is 5.73 Å². The first-order chi connectivity index (χ1) is 8.93. The minimum absolute atomic E-state index is 0.00342. The molecule has 19 heavy (non-hydrogen) atoms. The number of carbonyl (C=O) groups is 1. The molecule has 1 heterocycles. The Morgan fingerprint density at radius 2 is 2.21 bits per heavy atom. The number of hydrazine groups is 1. The first-order valence-corrected chi connectivity index (χ1v) is 6.27. The van der Waals surface area contributed by atoms with Gasteiger partial charge in [0.15, 0.2) is 0 Å². The molecule has 0 radical (unpaired) electrons. The van der Waals surface area contributed by atoms with E-state index in [9.17, 15) is 4.79 Å². The Kier molecular flexibility index (Phi) is 5.72. The third-order valence-electron chi connectivity index (χ3n) is 2.66. The molecule has 1 aromatic rings. The zero-order valence-electron chi connectivity index (χ0n) is 11.8. The molecule has 0 saturated heterocycles. The molecule has 0 spiro atoms. The van der Waals surface area contributed by atoms with E-state index >= 15 is 0 Å². The molecule has 6 heteroatoms. The predicted octanol–water partition coefficient (Wildman–Crippen LogP) is 0.441. The Morgan fingerprint density at radius 1 is 1.47 bits per heavy atom. The molecule has 1 amide bonds. The number of nitrogens with two attached hydrogens (primary N) is 1. The number of likely N-dealkylation sites (N-methyl/N-ethyl adjacent to an activating group) is 1. The van der Waals surface area contributed by atoms with E-state index in [0.29, 0.717) is 18.9 Å². The van der Waals surface area contributed by atoms with Crippen LogP contribution in [0.4, 0.5) is 5.82 Å². The van der Waals surface area contributed by atoms with Crippen molar-refractivity contribution in [2.75, 3.05) is 32.1 Å². The number of amides is 1. The van der Waals surface area contributed by atoms with Crippen LogP contribution < -0.4 is 16.6 Å². The summed E-state index contributed by atoms with van der Waals surface area (Å²) >= 11 is 0. The molecule has 0 aliphatic rings. The average Bonchev–Trinajstić information content (AvgIpc) is 2.37. The van der Waals surface area contributed by atoms with Gasteiger partial charge in [0, 0.05) is 12.7 Å². The maximum absolute atomic E-state index is 11.7. The molecule has 0 saturated carbocycles. The van der Waals surface area contributed by atoms with Gasteiger partial charge >= 0.3 is 0 Å². The second kappa shape index (κ2) is 7.06. The lowest BCUT2D eigenvalue weighted by atomic mass is 9.93. The molecule has 6 nitrogen and oxygen atoms in total. The third kappa shape index (κ3) is 6.17. The number of pyridine rings is 1. The summed E-state index contributed by atoms with van der Waals surface area (Å²) in [5.41, 5.74) is 11.0. The Morgan fingerprint density at radius 3 is 2.79 bits per heavy atom. The highest BCUT2D eigenvalue weighted by molar-refractivity contribution is 5.79. The van der Waals surface area contributed by atoms with Crippen LogP contribution >= 0.6 is 0 Å². The van der Waals surface area contributed by atoms with Crippen molar-refractivity contribution < 1.29 is 4.79 Å². The van der Waals surface area contributed by atoms with Crippen molar-refractivity contribution in [3.8, 4) is 0 Å². The summed E-state index contributed by atoms with van der Waals surface area (Å²) in [4.78, 5) is 17.7. The van der Waals surface area contributed by atoms with Crippen molar-refractivity contribution in [1.82, 2.24) is 15.3 Å². The molecule has 0 bridgehead atoms. The van der Waals surface area contributed by atoms with Crippen LogP contribution in [0.2, 0.25) is 0 Å². The molecule has 1 rings (SSSR count). The van der Waals surface area contributed by atoms with E-state index in [0.717, 1.165) is 6.54 Å². The average molecular weight is 265 g/mol. The van der Waals surface area contributed by atoms with Crippen LogP contribution in [0.25, 0.3) is 0 Å². The van der Waals surface area contributed by atoms with Gasteiger partial charge in [-0.05, 0) is 31.1 Å². The molecular weight excluding hydrogens is 242 g/mol. The van der Waals surface area contributed by atoms with E-state index in [1.165, 1.54) is 0 Å². The smallest absolute Gasteiger partial charge is 0.252 e. The molecule has 0 aliphatic carbocycles. The summed E-state index contributed by atoms with van der Waals surface area (Å²) in [6.45, 7) is 5.82. The lowest BCUT2D eigenvalue weighted by Crippen LogP contribution is -2.43. The maximum atomic E-state index is 11.7. The van der Waals surface area contributed by atoms with Crippen LogP contribution in [0.15, 0.2) is 24.4 Å². The highest BCUT2D eigenvalue weighted by atomic mass is 16.2. The fraction of sp³-hybridized carbons (Fsp3) is 0.538. The van der Waals surface area contributed by atoms with Crippen molar-refractivity contribution in [2.45, 2.75) is 13.8 Å². The van der Waals surface area contributed by atoms with Crippen molar-refractivity contribution in [2.24, 2.45) is 11.1 Å². The van der Waals surface area contributed by atoms with Crippen molar-refractivity contribution in [1.29, 1.82) is 0 Å². The van der Waals surface area contributed by atoms with E-state index < -0.39 is 0 Å². The van der Waals surface area contributed by atoms with E-state index in [1.54, 1.807) is 12.3 Å². The van der Waals surface area contributed by atoms with Gasteiger partial charge in [-0.25, -0.2) is 4.98 Å². The predicted molar refractivity (Wildman–Crippen MR) is 76.3 cm³/mol. The van der Waals surface area contributed by atoms with Crippen LogP contribution in [0, 0.1) is 5.41 Å². The quantitative estimate of drug-likeness (QED) is 0.623. The van der Waals surface area contributed by atoms with Gasteiger partial charge in [0.1, 0.15) is 5.82 Å². The van der Waals surface area contributed by atoms with Gasteiger partial charge in [0.25, 0.3) is 5.91 Å². The molecule has 0 unspecified atom stereocenters. The van der Waals surface area contributed by atoms with Gasteiger partial charge in [-0.3, -0.25) is 20.5 Å². The zero-order valence-corrected chi connectivity index (χ0v) is 11.8. The summed E-state index contributed by atoms with van der Waals surface area (Å²) < 4.78 is 0. The van der Waals surface area contributed by atoms with Gasteiger partial charge in [0.05, 0.1) is 6.54 Å². The number of hydrogen-bond acceptors (Lipinski definition) is 5. The lowest BCUT2D eigenvalue weighted by molar-refractivity contribution is -0.121. The topological polar surface area (TPSA) is 83.3 Å². The molecule has 1 aromatic heterocycles. The van der Waals surface area contributed by atoms with E-state index in [1.807, 2.05) is 24.1 Å². The zero-order chi connectivity index (χ0) is 14.3. The lowest BCUT2D eigenvalue weighted by Gasteiger charge is -2.28. The SMILES string of the molecule is CN(CC(=O)NNc1ccccn1)CC(C)(C)CN. The van der Waals surface area contributed by atoms with Crippen LogP contribution in [0.3, 0.4) is 0 Å². The molecule has 0 aliphatic heterocycles. The number of carbonyl (C=O) groups excluding carboxylic acids is 1. The standard InChI is InChI=1S/C13H23N5O/c1-13(2,9-14)10-18(3)8-12(19)17-16-11-6-4-5-7-15-11/h4-7H,8-10,14H2,1-3H3,(H,15,16)(H,17,19). The highest BCUT2D eigenvalue weighted by Crippen LogP contribution is 2.13. The number of aromatic nitrogens is 1. The minimum Gasteiger partial charge on any atom is -0.330 e. The largest absolute Gasteiger partial charge is 0.330 e. The second-order valence-electron chi connectivity index (χ2n) is 5.43. The van der Waals surface area contributed by atoms with Crippen LogP contribution in [-0.2, 0) is 4.79 Å². The molecule has 4 N–H and O–H groups in total. The van der Waals surface area contributed by atoms with Crippen LogP contribution in [-0.4, -0.2) is 42.5 Å². The third-order valence-corrected chi connectivity index (χ3v) is 2.66. The molecule has 0 aromatic carbocycles. The van der Waals surface area contributed by atoms with E-state index in [2.05, 4.69) is 29.7 Å².